The smallest absolute Gasteiger partial charge is 0.0751 e. The van der Waals surface area contributed by atoms with E-state index in [1.54, 1.807) is 0 Å². The van der Waals surface area contributed by atoms with E-state index in [-0.39, 0.29) is 0 Å². The molecule has 0 aromatic heterocycles. The lowest BCUT2D eigenvalue weighted by Crippen LogP contribution is -2.57. The third kappa shape index (κ3) is 0.789. The number of rotatable bonds is 0. The van der Waals surface area contributed by atoms with Gasteiger partial charge in [0.25, 0.3) is 0 Å². The Labute approximate surface area is 67.3 Å². The van der Waals surface area contributed by atoms with Crippen LogP contribution in [0.1, 0.15) is 19.3 Å². The second kappa shape index (κ2) is 2.19. The highest BCUT2D eigenvalue weighted by atomic mass is 15.7. The summed E-state index contributed by atoms with van der Waals surface area (Å²) in [5.41, 5.74) is 0. The predicted molar refractivity (Wildman–Crippen MR) is 42.8 cm³/mol. The number of nitrogens with one attached hydrogen (secondary N) is 1. The van der Waals surface area contributed by atoms with Gasteiger partial charge in [0, 0.05) is 25.7 Å². The summed E-state index contributed by atoms with van der Waals surface area (Å²) in [6.07, 6.45) is 4.85. The minimum absolute atomic E-state index is 0.695. The summed E-state index contributed by atoms with van der Waals surface area (Å²) in [4.78, 5) is 0. The molecule has 3 fully saturated rings. The first-order valence-electron chi connectivity index (χ1n) is 4.72. The van der Waals surface area contributed by atoms with Crippen molar-refractivity contribution in [2.45, 2.75) is 31.5 Å². The van der Waals surface area contributed by atoms with Gasteiger partial charge < -0.3 is 0 Å². The van der Waals surface area contributed by atoms with Gasteiger partial charge in [0.15, 0.2) is 0 Å². The second-order valence-corrected chi connectivity index (χ2v) is 3.85. The first-order chi connectivity index (χ1) is 5.45. The van der Waals surface area contributed by atoms with E-state index in [4.69, 9.17) is 0 Å². The maximum absolute atomic E-state index is 3.54. The maximum Gasteiger partial charge on any atom is 0.0751 e. The number of hydrogen-bond donors (Lipinski definition) is 1. The molecule has 0 spiro atoms. The van der Waals surface area contributed by atoms with Crippen molar-refractivity contribution in [3.63, 3.8) is 0 Å². The van der Waals surface area contributed by atoms with Gasteiger partial charge in [-0.1, -0.05) is 0 Å². The predicted octanol–water partition coefficient (Wildman–Crippen LogP) is 0.000800. The van der Waals surface area contributed by atoms with E-state index in [2.05, 4.69) is 15.3 Å². The summed E-state index contributed by atoms with van der Waals surface area (Å²) < 4.78 is 0. The van der Waals surface area contributed by atoms with E-state index < -0.39 is 0 Å². The molecule has 0 aliphatic carbocycles. The van der Waals surface area contributed by atoms with Crippen LogP contribution in [-0.2, 0) is 0 Å². The third-order valence-electron chi connectivity index (χ3n) is 3.22. The molecule has 2 bridgehead atoms. The highest BCUT2D eigenvalue weighted by molar-refractivity contribution is 4.95. The molecule has 2 atom stereocenters. The van der Waals surface area contributed by atoms with Crippen molar-refractivity contribution >= 4 is 0 Å². The Morgan fingerprint density at radius 2 is 1.91 bits per heavy atom. The zero-order valence-electron chi connectivity index (χ0n) is 6.79. The molecule has 3 nitrogen and oxygen atoms in total. The zero-order chi connectivity index (χ0) is 7.26. The number of hydrogen-bond acceptors (Lipinski definition) is 3. The lowest BCUT2D eigenvalue weighted by molar-refractivity contribution is -0.0789. The minimum Gasteiger partial charge on any atom is -0.299 e. The Hall–Kier alpha value is -0.120. The van der Waals surface area contributed by atoms with Crippen LogP contribution in [0.4, 0.5) is 0 Å². The van der Waals surface area contributed by atoms with Gasteiger partial charge in [-0.3, -0.25) is 5.32 Å². The van der Waals surface area contributed by atoms with E-state index in [9.17, 15) is 0 Å². The van der Waals surface area contributed by atoms with Crippen LogP contribution in [0, 0.1) is 0 Å². The molecule has 62 valence electrons. The van der Waals surface area contributed by atoms with Gasteiger partial charge in [-0.05, 0) is 19.3 Å². The van der Waals surface area contributed by atoms with Crippen LogP contribution in [-0.4, -0.2) is 41.9 Å². The van der Waals surface area contributed by atoms with Gasteiger partial charge in [0.05, 0.1) is 6.17 Å². The summed E-state index contributed by atoms with van der Waals surface area (Å²) in [7, 11) is 0. The standard InChI is InChI=1S/C8H15N3/c1-2-4-11-8-5-7(6-9-8)10(11)3-1/h7-9H,1-6H2. The van der Waals surface area contributed by atoms with Gasteiger partial charge in [-0.2, -0.15) is 0 Å². The first kappa shape index (κ1) is 6.40. The molecule has 2 unspecified atom stereocenters. The maximum atomic E-state index is 3.54. The van der Waals surface area contributed by atoms with Crippen molar-refractivity contribution in [2.24, 2.45) is 0 Å². The SMILES string of the molecule is C1CCN2C3CC(CN3)N2C1. The molecule has 0 aromatic carbocycles. The minimum atomic E-state index is 0.695. The molecule has 3 rings (SSSR count). The fourth-order valence-electron chi connectivity index (χ4n) is 2.68. The van der Waals surface area contributed by atoms with Crippen molar-refractivity contribution in [1.82, 2.24) is 15.3 Å². The Kier molecular flexibility index (Phi) is 1.27. The lowest BCUT2D eigenvalue weighted by atomic mass is 10.2. The average Bonchev–Trinajstić information content (AvgIpc) is 2.64. The number of nitrogens with zero attached hydrogens (tertiary/aromatic N) is 2. The van der Waals surface area contributed by atoms with Gasteiger partial charge >= 0.3 is 0 Å². The molecule has 1 N–H and O–H groups in total. The van der Waals surface area contributed by atoms with Crippen molar-refractivity contribution in [3.05, 3.63) is 0 Å². The van der Waals surface area contributed by atoms with Gasteiger partial charge in [-0.15, -0.1) is 0 Å². The van der Waals surface area contributed by atoms with Gasteiger partial charge in [0.2, 0.25) is 0 Å². The fourth-order valence-corrected chi connectivity index (χ4v) is 2.68. The molecule has 3 saturated heterocycles. The summed E-state index contributed by atoms with van der Waals surface area (Å²) >= 11 is 0. The monoisotopic (exact) mass is 153 g/mol. The van der Waals surface area contributed by atoms with Crippen LogP contribution in [0.2, 0.25) is 0 Å². The van der Waals surface area contributed by atoms with E-state index >= 15 is 0 Å². The van der Waals surface area contributed by atoms with E-state index in [0.717, 1.165) is 6.04 Å². The van der Waals surface area contributed by atoms with Crippen LogP contribution in [0.15, 0.2) is 0 Å². The number of hydrazine groups is 1. The Bertz CT molecular complexity index is 153. The van der Waals surface area contributed by atoms with E-state index in [1.165, 1.54) is 38.9 Å². The average molecular weight is 153 g/mol. The molecule has 3 aliphatic heterocycles. The molecular weight excluding hydrogens is 138 g/mol. The molecule has 3 aliphatic rings. The summed E-state index contributed by atoms with van der Waals surface area (Å²) in [6.45, 7) is 3.82. The molecule has 0 radical (unpaired) electrons. The van der Waals surface area contributed by atoms with E-state index in [1.807, 2.05) is 0 Å². The zero-order valence-corrected chi connectivity index (χ0v) is 6.79. The highest BCUT2D eigenvalue weighted by Gasteiger charge is 2.44. The molecular formula is C8H15N3. The molecule has 11 heavy (non-hydrogen) atoms. The van der Waals surface area contributed by atoms with Crippen LogP contribution in [0.25, 0.3) is 0 Å². The quantitative estimate of drug-likeness (QED) is 0.528. The Morgan fingerprint density at radius 1 is 1.09 bits per heavy atom. The molecule has 3 heteroatoms. The molecule has 0 amide bonds. The summed E-state index contributed by atoms with van der Waals surface area (Å²) in [5.74, 6) is 0. The van der Waals surface area contributed by atoms with Crippen LogP contribution in [0.3, 0.4) is 0 Å². The molecule has 3 heterocycles. The van der Waals surface area contributed by atoms with Crippen molar-refractivity contribution in [2.75, 3.05) is 19.6 Å². The lowest BCUT2D eigenvalue weighted by Gasteiger charge is -2.41. The summed E-state index contributed by atoms with van der Waals surface area (Å²) in [6, 6.07) is 0.834. The Morgan fingerprint density at radius 3 is 2.73 bits per heavy atom. The third-order valence-corrected chi connectivity index (χ3v) is 3.22. The largest absolute Gasteiger partial charge is 0.299 e. The molecule has 0 saturated carbocycles. The highest BCUT2D eigenvalue weighted by Crippen LogP contribution is 2.30. The van der Waals surface area contributed by atoms with Crippen molar-refractivity contribution in [1.29, 1.82) is 0 Å². The Balaban J connectivity index is 1.84. The van der Waals surface area contributed by atoms with Crippen LogP contribution >= 0.6 is 0 Å². The van der Waals surface area contributed by atoms with Crippen molar-refractivity contribution < 1.29 is 0 Å². The number of fused-ring (bicyclic) bond motifs is 5. The van der Waals surface area contributed by atoms with Crippen LogP contribution in [0.5, 0.6) is 0 Å². The second-order valence-electron chi connectivity index (χ2n) is 3.85. The van der Waals surface area contributed by atoms with E-state index in [0.29, 0.717) is 6.17 Å². The van der Waals surface area contributed by atoms with Crippen LogP contribution < -0.4 is 5.32 Å². The molecule has 0 aromatic rings. The summed E-state index contributed by atoms with van der Waals surface area (Å²) in [5, 5.41) is 8.67. The van der Waals surface area contributed by atoms with Gasteiger partial charge in [0.1, 0.15) is 0 Å². The fraction of sp³-hybridized carbons (Fsp3) is 1.00. The van der Waals surface area contributed by atoms with Crippen molar-refractivity contribution in [3.8, 4) is 0 Å². The first-order valence-corrected chi connectivity index (χ1v) is 4.72. The topological polar surface area (TPSA) is 18.5 Å². The van der Waals surface area contributed by atoms with Gasteiger partial charge in [-0.25, -0.2) is 10.0 Å². The normalized spacial score (nSPS) is 44.7.